The molecule has 84 valence electrons. The van der Waals surface area contributed by atoms with Gasteiger partial charge in [0.05, 0.1) is 0 Å². The molecule has 0 unspecified atom stereocenters. The van der Waals surface area contributed by atoms with E-state index >= 15 is 0 Å². The zero-order chi connectivity index (χ0) is 11.1. The van der Waals surface area contributed by atoms with Crippen molar-refractivity contribution in [1.82, 2.24) is 9.88 Å². The van der Waals surface area contributed by atoms with Crippen LogP contribution in [0.5, 0.6) is 0 Å². The molecule has 0 aromatic carbocycles. The van der Waals surface area contributed by atoms with Gasteiger partial charge in [-0.25, -0.2) is 4.98 Å². The maximum atomic E-state index is 4.24. The molecule has 0 radical (unpaired) electrons. The summed E-state index contributed by atoms with van der Waals surface area (Å²) in [5, 5.41) is 3.21. The molecule has 15 heavy (non-hydrogen) atoms. The number of rotatable bonds is 6. The number of anilines is 1. The van der Waals surface area contributed by atoms with E-state index in [4.69, 9.17) is 0 Å². The van der Waals surface area contributed by atoms with Gasteiger partial charge in [0.15, 0.2) is 0 Å². The zero-order valence-corrected chi connectivity index (χ0v) is 10.5. The van der Waals surface area contributed by atoms with Crippen LogP contribution in [0, 0.1) is 0 Å². The Kier molecular flexibility index (Phi) is 5.50. The van der Waals surface area contributed by atoms with Gasteiger partial charge in [0.25, 0.3) is 0 Å². The van der Waals surface area contributed by atoms with Gasteiger partial charge in [0.2, 0.25) is 0 Å². The Labute approximate surface area is 96.3 Å². The molecule has 0 bridgehead atoms. The summed E-state index contributed by atoms with van der Waals surface area (Å²) in [7, 11) is 4.19. The predicted octanol–water partition coefficient (Wildman–Crippen LogP) is 2.17. The first-order valence-corrected chi connectivity index (χ1v) is 6.18. The Balaban J connectivity index is 2.43. The molecule has 1 aromatic rings. The van der Waals surface area contributed by atoms with Crippen molar-refractivity contribution in [3.63, 3.8) is 0 Å². The van der Waals surface area contributed by atoms with Crippen molar-refractivity contribution in [2.75, 3.05) is 38.3 Å². The highest BCUT2D eigenvalue weighted by molar-refractivity contribution is 7.99. The summed E-state index contributed by atoms with van der Waals surface area (Å²) >= 11 is 1.87. The van der Waals surface area contributed by atoms with Crippen LogP contribution in [0.25, 0.3) is 0 Å². The molecule has 0 aliphatic heterocycles. The largest absolute Gasteiger partial charge is 0.370 e. The maximum Gasteiger partial charge on any atom is 0.126 e. The monoisotopic (exact) mass is 225 g/mol. The number of hydrogen-bond acceptors (Lipinski definition) is 4. The van der Waals surface area contributed by atoms with Crippen LogP contribution in [0.15, 0.2) is 23.2 Å². The standard InChI is InChI=1S/C11H19N3S/c1-4-12-11-9-10(5-6-13-11)15-8-7-14(2)3/h5-6,9H,4,7-8H2,1-3H3,(H,12,13). The Bertz CT molecular complexity index is 289. The summed E-state index contributed by atoms with van der Waals surface area (Å²) in [5.74, 6) is 2.08. The van der Waals surface area contributed by atoms with Crippen molar-refractivity contribution in [1.29, 1.82) is 0 Å². The van der Waals surface area contributed by atoms with E-state index < -0.39 is 0 Å². The molecule has 0 fully saturated rings. The number of nitrogens with one attached hydrogen (secondary N) is 1. The van der Waals surface area contributed by atoms with Crippen LogP contribution in [0.4, 0.5) is 5.82 Å². The van der Waals surface area contributed by atoms with Gasteiger partial charge in [-0.1, -0.05) is 0 Å². The summed E-state index contributed by atoms with van der Waals surface area (Å²) < 4.78 is 0. The topological polar surface area (TPSA) is 28.2 Å². The van der Waals surface area contributed by atoms with Gasteiger partial charge in [-0.3, -0.25) is 0 Å². The molecule has 0 saturated heterocycles. The average Bonchev–Trinajstić information content (AvgIpc) is 2.18. The van der Waals surface area contributed by atoms with Crippen LogP contribution < -0.4 is 5.32 Å². The fourth-order valence-corrected chi connectivity index (χ4v) is 2.17. The van der Waals surface area contributed by atoms with E-state index in [2.05, 4.69) is 48.4 Å². The van der Waals surface area contributed by atoms with Crippen molar-refractivity contribution < 1.29 is 0 Å². The third kappa shape index (κ3) is 5.04. The third-order valence-corrected chi connectivity index (χ3v) is 2.87. The highest BCUT2D eigenvalue weighted by Crippen LogP contribution is 2.19. The van der Waals surface area contributed by atoms with E-state index in [-0.39, 0.29) is 0 Å². The molecule has 0 atom stereocenters. The molecule has 0 saturated carbocycles. The molecule has 4 heteroatoms. The lowest BCUT2D eigenvalue weighted by molar-refractivity contribution is 0.437. The fraction of sp³-hybridized carbons (Fsp3) is 0.545. The second kappa shape index (κ2) is 6.69. The van der Waals surface area contributed by atoms with Crippen LogP contribution in [0.3, 0.4) is 0 Å². The van der Waals surface area contributed by atoms with Crippen molar-refractivity contribution in [2.24, 2.45) is 0 Å². The van der Waals surface area contributed by atoms with Crippen LogP contribution >= 0.6 is 11.8 Å². The smallest absolute Gasteiger partial charge is 0.126 e. The van der Waals surface area contributed by atoms with E-state index in [0.717, 1.165) is 24.7 Å². The fourth-order valence-electron chi connectivity index (χ4n) is 1.12. The lowest BCUT2D eigenvalue weighted by Crippen LogP contribution is -2.14. The molecule has 0 aliphatic rings. The Hall–Kier alpha value is -0.740. The number of hydrogen-bond donors (Lipinski definition) is 1. The number of thioether (sulfide) groups is 1. The lowest BCUT2D eigenvalue weighted by Gasteiger charge is -2.09. The van der Waals surface area contributed by atoms with Gasteiger partial charge in [-0.05, 0) is 33.2 Å². The minimum absolute atomic E-state index is 0.915. The number of nitrogens with zero attached hydrogens (tertiary/aromatic N) is 2. The van der Waals surface area contributed by atoms with Gasteiger partial charge < -0.3 is 10.2 Å². The summed E-state index contributed by atoms with van der Waals surface area (Å²) in [6.45, 7) is 4.09. The normalized spacial score (nSPS) is 10.7. The molecule has 0 spiro atoms. The van der Waals surface area contributed by atoms with Crippen LogP contribution in [-0.2, 0) is 0 Å². The number of pyridine rings is 1. The van der Waals surface area contributed by atoms with Gasteiger partial charge in [-0.15, -0.1) is 11.8 Å². The molecule has 1 heterocycles. The van der Waals surface area contributed by atoms with E-state index in [1.54, 1.807) is 0 Å². The molecule has 1 aromatic heterocycles. The molecule has 1 rings (SSSR count). The first-order valence-electron chi connectivity index (χ1n) is 5.20. The van der Waals surface area contributed by atoms with Gasteiger partial charge in [0.1, 0.15) is 5.82 Å². The van der Waals surface area contributed by atoms with Gasteiger partial charge in [-0.2, -0.15) is 0 Å². The van der Waals surface area contributed by atoms with Crippen molar-refractivity contribution in [3.8, 4) is 0 Å². The highest BCUT2D eigenvalue weighted by Gasteiger charge is 1.97. The van der Waals surface area contributed by atoms with E-state index in [1.807, 2.05) is 18.0 Å². The van der Waals surface area contributed by atoms with Gasteiger partial charge >= 0.3 is 0 Å². The summed E-state index contributed by atoms with van der Waals surface area (Å²) in [6, 6.07) is 4.16. The Morgan fingerprint density at radius 3 is 2.93 bits per heavy atom. The first kappa shape index (κ1) is 12.3. The highest BCUT2D eigenvalue weighted by atomic mass is 32.2. The molecular weight excluding hydrogens is 206 g/mol. The molecule has 0 aliphatic carbocycles. The average molecular weight is 225 g/mol. The van der Waals surface area contributed by atoms with E-state index in [9.17, 15) is 0 Å². The SMILES string of the molecule is CCNc1cc(SCCN(C)C)ccn1. The zero-order valence-electron chi connectivity index (χ0n) is 9.66. The van der Waals surface area contributed by atoms with E-state index in [1.165, 1.54) is 4.90 Å². The van der Waals surface area contributed by atoms with Crippen molar-refractivity contribution in [3.05, 3.63) is 18.3 Å². The third-order valence-electron chi connectivity index (χ3n) is 1.90. The van der Waals surface area contributed by atoms with Crippen molar-refractivity contribution >= 4 is 17.6 Å². The second-order valence-corrected chi connectivity index (χ2v) is 4.73. The minimum Gasteiger partial charge on any atom is -0.370 e. The summed E-state index contributed by atoms with van der Waals surface area (Å²) in [4.78, 5) is 7.71. The molecule has 0 amide bonds. The van der Waals surface area contributed by atoms with Crippen LogP contribution in [0.2, 0.25) is 0 Å². The van der Waals surface area contributed by atoms with E-state index in [0.29, 0.717) is 0 Å². The molecule has 1 N–H and O–H groups in total. The van der Waals surface area contributed by atoms with Crippen molar-refractivity contribution in [2.45, 2.75) is 11.8 Å². The van der Waals surface area contributed by atoms with Gasteiger partial charge in [0, 0.05) is 29.9 Å². The predicted molar refractivity (Wildman–Crippen MR) is 67.7 cm³/mol. The minimum atomic E-state index is 0.915. The van der Waals surface area contributed by atoms with Crippen LogP contribution in [0.1, 0.15) is 6.92 Å². The Morgan fingerprint density at radius 2 is 2.27 bits per heavy atom. The lowest BCUT2D eigenvalue weighted by atomic mass is 10.4. The summed E-state index contributed by atoms with van der Waals surface area (Å²) in [6.07, 6.45) is 1.86. The summed E-state index contributed by atoms with van der Waals surface area (Å²) in [5.41, 5.74) is 0. The quantitative estimate of drug-likeness (QED) is 0.751. The van der Waals surface area contributed by atoms with Crippen LogP contribution in [-0.4, -0.2) is 42.8 Å². The first-order chi connectivity index (χ1) is 7.22. The molecular formula is C11H19N3S. The molecule has 3 nitrogen and oxygen atoms in total. The number of aromatic nitrogens is 1. The maximum absolute atomic E-state index is 4.24. The second-order valence-electron chi connectivity index (χ2n) is 3.56. The Morgan fingerprint density at radius 1 is 1.47 bits per heavy atom.